The van der Waals surface area contributed by atoms with E-state index in [1.54, 1.807) is 6.26 Å². The van der Waals surface area contributed by atoms with Crippen LogP contribution in [0.2, 0.25) is 0 Å². The van der Waals surface area contributed by atoms with E-state index in [4.69, 9.17) is 9.84 Å². The molecule has 3 heterocycles. The number of aromatic amines is 1. The van der Waals surface area contributed by atoms with Crippen LogP contribution in [0.1, 0.15) is 6.23 Å². The maximum absolute atomic E-state index is 11.9. The summed E-state index contributed by atoms with van der Waals surface area (Å²) in [6.45, 7) is -0.425. The molecule has 0 saturated carbocycles. The number of hydrogen-bond donors (Lipinski definition) is 4. The maximum atomic E-state index is 11.9. The minimum atomic E-state index is -1.25. The van der Waals surface area contributed by atoms with Crippen LogP contribution >= 0.6 is 11.8 Å². The first-order chi connectivity index (χ1) is 10.1. The Morgan fingerprint density at radius 1 is 1.48 bits per heavy atom. The number of nitrogens with one attached hydrogen (secondary N) is 1. The lowest BCUT2D eigenvalue weighted by Crippen LogP contribution is -2.33. The number of aliphatic hydroxyl groups excluding tert-OH is 3. The Kier molecular flexibility index (Phi) is 3.71. The highest BCUT2D eigenvalue weighted by Gasteiger charge is 2.44. The average molecular weight is 316 g/mol. The molecule has 1 fully saturated rings. The predicted octanol–water partition coefficient (Wildman–Crippen LogP) is -1.55. The van der Waals surface area contributed by atoms with Crippen molar-refractivity contribution >= 4 is 22.9 Å². The van der Waals surface area contributed by atoms with E-state index in [1.807, 2.05) is 0 Å². The molecule has 10 heteroatoms. The molecular formula is C11H14N4O5S. The molecule has 0 unspecified atom stereocenters. The van der Waals surface area contributed by atoms with Gasteiger partial charge in [0, 0.05) is 0 Å². The van der Waals surface area contributed by atoms with Crippen LogP contribution in [-0.4, -0.2) is 66.0 Å². The second-order valence-electron chi connectivity index (χ2n) is 4.63. The molecule has 1 saturated heterocycles. The summed E-state index contributed by atoms with van der Waals surface area (Å²) in [5.74, 6) is 0. The van der Waals surface area contributed by atoms with Crippen LogP contribution in [0.3, 0.4) is 0 Å². The Labute approximate surface area is 122 Å². The molecule has 0 radical (unpaired) electrons. The zero-order chi connectivity index (χ0) is 15.1. The van der Waals surface area contributed by atoms with E-state index in [0.29, 0.717) is 5.16 Å². The molecule has 2 aromatic heterocycles. The number of aliphatic hydroxyl groups is 3. The number of hydrogen-bond acceptors (Lipinski definition) is 8. The molecule has 21 heavy (non-hydrogen) atoms. The van der Waals surface area contributed by atoms with Crippen LogP contribution in [0.5, 0.6) is 0 Å². The van der Waals surface area contributed by atoms with Gasteiger partial charge in [0.2, 0.25) is 0 Å². The van der Waals surface area contributed by atoms with Gasteiger partial charge >= 0.3 is 0 Å². The molecule has 9 nitrogen and oxygen atoms in total. The number of aromatic nitrogens is 4. The van der Waals surface area contributed by atoms with Crippen molar-refractivity contribution in [2.75, 3.05) is 12.9 Å². The number of nitrogens with zero attached hydrogens (tertiary/aromatic N) is 3. The third kappa shape index (κ3) is 2.24. The average Bonchev–Trinajstić information content (AvgIpc) is 3.02. The molecule has 0 aromatic carbocycles. The van der Waals surface area contributed by atoms with Crippen LogP contribution in [0.4, 0.5) is 0 Å². The number of imidazole rings is 1. The molecule has 3 rings (SSSR count). The van der Waals surface area contributed by atoms with Gasteiger partial charge in [-0.15, -0.1) is 0 Å². The van der Waals surface area contributed by atoms with Gasteiger partial charge in [-0.1, -0.05) is 11.8 Å². The molecule has 2 aromatic rings. The van der Waals surface area contributed by atoms with Crippen molar-refractivity contribution in [3.05, 3.63) is 16.7 Å². The zero-order valence-electron chi connectivity index (χ0n) is 11.0. The monoisotopic (exact) mass is 316 g/mol. The fourth-order valence-corrected chi connectivity index (χ4v) is 2.67. The van der Waals surface area contributed by atoms with E-state index in [1.165, 1.54) is 22.7 Å². The third-order valence-electron chi connectivity index (χ3n) is 3.40. The molecule has 0 aliphatic carbocycles. The van der Waals surface area contributed by atoms with Gasteiger partial charge in [0.1, 0.15) is 18.3 Å². The van der Waals surface area contributed by atoms with Crippen molar-refractivity contribution in [1.82, 2.24) is 19.5 Å². The lowest BCUT2D eigenvalue weighted by Gasteiger charge is -2.16. The van der Waals surface area contributed by atoms with Gasteiger partial charge in [-0.25, -0.2) is 9.97 Å². The van der Waals surface area contributed by atoms with E-state index in [-0.39, 0.29) is 11.2 Å². The van der Waals surface area contributed by atoms with Crippen molar-refractivity contribution in [3.8, 4) is 0 Å². The number of fused-ring (bicyclic) bond motifs is 1. The summed E-state index contributed by atoms with van der Waals surface area (Å²) in [5.41, 5.74) is -0.0293. The molecule has 1 aliphatic rings. The first-order valence-corrected chi connectivity index (χ1v) is 7.42. The summed E-state index contributed by atoms with van der Waals surface area (Å²) in [6, 6.07) is 0. The minimum absolute atomic E-state index is 0.116. The number of rotatable bonds is 3. The van der Waals surface area contributed by atoms with Crippen molar-refractivity contribution in [2.45, 2.75) is 29.7 Å². The highest BCUT2D eigenvalue weighted by Crippen LogP contribution is 2.30. The summed E-state index contributed by atoms with van der Waals surface area (Å²) in [5, 5.41) is 29.3. The second kappa shape index (κ2) is 5.39. The Bertz CT molecular complexity index is 716. The van der Waals surface area contributed by atoms with Crippen molar-refractivity contribution < 1.29 is 20.1 Å². The Balaban J connectivity index is 2.09. The number of thioether (sulfide) groups is 1. The normalized spacial score (nSPS) is 29.3. The smallest absolute Gasteiger partial charge is 0.279 e. The van der Waals surface area contributed by atoms with Gasteiger partial charge in [-0.05, 0) is 6.26 Å². The highest BCUT2D eigenvalue weighted by atomic mass is 32.2. The number of ether oxygens (including phenoxy) is 1. The molecule has 1 aliphatic heterocycles. The lowest BCUT2D eigenvalue weighted by atomic mass is 10.1. The van der Waals surface area contributed by atoms with Crippen molar-refractivity contribution in [3.63, 3.8) is 0 Å². The van der Waals surface area contributed by atoms with Gasteiger partial charge in [0.15, 0.2) is 22.5 Å². The van der Waals surface area contributed by atoms with E-state index in [2.05, 4.69) is 15.0 Å². The topological polar surface area (TPSA) is 133 Å². The largest absolute Gasteiger partial charge is 0.394 e. The quantitative estimate of drug-likeness (QED) is 0.395. The molecular weight excluding hydrogens is 302 g/mol. The van der Waals surface area contributed by atoms with Crippen molar-refractivity contribution in [2.24, 2.45) is 0 Å². The summed E-state index contributed by atoms with van der Waals surface area (Å²) in [6.07, 6.45) is -1.26. The van der Waals surface area contributed by atoms with Crippen LogP contribution in [0.15, 0.2) is 16.3 Å². The van der Waals surface area contributed by atoms with Gasteiger partial charge in [0.25, 0.3) is 5.56 Å². The highest BCUT2D eigenvalue weighted by molar-refractivity contribution is 7.98. The molecule has 4 N–H and O–H groups in total. The predicted molar refractivity (Wildman–Crippen MR) is 72.9 cm³/mol. The fourth-order valence-electron chi connectivity index (χ4n) is 2.30. The van der Waals surface area contributed by atoms with Crippen LogP contribution in [0.25, 0.3) is 11.2 Å². The van der Waals surface area contributed by atoms with Crippen LogP contribution in [0, 0.1) is 0 Å². The van der Waals surface area contributed by atoms with Crippen molar-refractivity contribution in [1.29, 1.82) is 0 Å². The van der Waals surface area contributed by atoms with Gasteiger partial charge in [-0.3, -0.25) is 14.3 Å². The molecule has 0 spiro atoms. The standard InChI is InChI=1S/C11H14N4O5S/c1-21-11-13-8-5(9(19)14-11)12-3-15(8)10-7(18)6(17)4(2-16)20-10/h3-4,6-7,10,16-18H,2H2,1H3,(H,13,14,19)/t4-,6-,7-,10-/m1/s1/i13+1,14+1. The minimum Gasteiger partial charge on any atom is -0.394 e. The van der Waals surface area contributed by atoms with Gasteiger partial charge in [0.05, 0.1) is 12.9 Å². The maximum Gasteiger partial charge on any atom is 0.279 e. The molecule has 0 amide bonds. The summed E-state index contributed by atoms with van der Waals surface area (Å²) >= 11 is 1.26. The third-order valence-corrected chi connectivity index (χ3v) is 3.98. The Hall–Kier alpha value is -1.46. The molecule has 114 valence electrons. The molecule has 0 bridgehead atoms. The van der Waals surface area contributed by atoms with E-state index in [9.17, 15) is 15.0 Å². The Morgan fingerprint density at radius 2 is 2.24 bits per heavy atom. The van der Waals surface area contributed by atoms with E-state index < -0.39 is 36.7 Å². The van der Waals surface area contributed by atoms with Crippen LogP contribution in [-0.2, 0) is 4.74 Å². The summed E-state index contributed by atoms with van der Waals surface area (Å²) in [7, 11) is 0. The van der Waals surface area contributed by atoms with Gasteiger partial charge < -0.3 is 20.1 Å². The van der Waals surface area contributed by atoms with E-state index >= 15 is 0 Å². The zero-order valence-corrected chi connectivity index (χ0v) is 11.8. The first-order valence-electron chi connectivity index (χ1n) is 6.20. The second-order valence-corrected chi connectivity index (χ2v) is 5.42. The Morgan fingerprint density at radius 3 is 2.86 bits per heavy atom. The number of H-pyrrole nitrogens is 1. The molecule has 4 atom stereocenters. The van der Waals surface area contributed by atoms with E-state index in [0.717, 1.165) is 0 Å². The fraction of sp³-hybridized carbons (Fsp3) is 0.545. The SMILES string of the molecule is CSc1[15n]c2c(ncn2[C@@H]2O[C@H](CO)[C@@H](O)[C@H]2O)c(=O)[15nH]1. The lowest BCUT2D eigenvalue weighted by molar-refractivity contribution is -0.0511. The van der Waals surface area contributed by atoms with Gasteiger partial charge in [-0.2, -0.15) is 0 Å². The van der Waals surface area contributed by atoms with Crippen LogP contribution < -0.4 is 5.56 Å². The summed E-state index contributed by atoms with van der Waals surface area (Å²) in [4.78, 5) is 22.6. The summed E-state index contributed by atoms with van der Waals surface area (Å²) < 4.78 is 6.80. The first kappa shape index (κ1) is 14.5.